The molecule has 1 N–H and O–H groups in total. The van der Waals surface area contributed by atoms with Gasteiger partial charge in [0.05, 0.1) is 8.07 Å². The van der Waals surface area contributed by atoms with Crippen molar-refractivity contribution < 1.29 is 0 Å². The quantitative estimate of drug-likeness (QED) is 0.579. The largest absolute Gasteiger partial charge is 0.236 e. The van der Waals surface area contributed by atoms with Crippen LogP contribution in [0.5, 0.6) is 0 Å². The molecule has 0 aliphatic rings. The maximum atomic E-state index is 5.52. The van der Waals surface area contributed by atoms with E-state index < -0.39 is 8.07 Å². The summed E-state index contributed by atoms with van der Waals surface area (Å²) in [4.78, 5) is 2.74. The van der Waals surface area contributed by atoms with Crippen LogP contribution in [0.4, 0.5) is 0 Å². The average molecular weight is 200 g/mol. The summed E-state index contributed by atoms with van der Waals surface area (Å²) in [5.74, 6) is 0. The minimum Gasteiger partial charge on any atom is -0.236 e. The summed E-state index contributed by atoms with van der Waals surface area (Å²) in [6, 6.07) is 10.6. The van der Waals surface area contributed by atoms with E-state index in [1.165, 1.54) is 5.19 Å². The molecular formula is C9H14ClNSi. The molecule has 0 aliphatic carbocycles. The monoisotopic (exact) mass is 199 g/mol. The Morgan fingerprint density at radius 3 is 2.33 bits per heavy atom. The smallest absolute Gasteiger partial charge is 0.0962 e. The number of nitrogens with one attached hydrogen (secondary N) is 1. The minimum atomic E-state index is -1.32. The first-order valence-corrected chi connectivity index (χ1v) is 7.64. The summed E-state index contributed by atoms with van der Waals surface area (Å²) < 4.78 is 0. The molecule has 0 saturated heterocycles. The second kappa shape index (κ2) is 4.08. The lowest BCUT2D eigenvalue weighted by molar-refractivity contribution is 1.16. The molecule has 1 rings (SSSR count). The number of benzene rings is 1. The number of halogens is 1. The fourth-order valence-corrected chi connectivity index (χ4v) is 3.79. The molecular weight excluding hydrogens is 186 g/mol. The molecule has 1 aromatic carbocycles. The zero-order valence-electron chi connectivity index (χ0n) is 7.47. The molecule has 0 aliphatic heterocycles. The Morgan fingerprint density at radius 1 is 1.25 bits per heavy atom. The number of hydrogen-bond acceptors (Lipinski definition) is 1. The second-order valence-electron chi connectivity index (χ2n) is 3.56. The molecule has 0 saturated carbocycles. The predicted octanol–water partition coefficient (Wildman–Crippen LogP) is 1.88. The van der Waals surface area contributed by atoms with Gasteiger partial charge in [0.1, 0.15) is 0 Å². The van der Waals surface area contributed by atoms with Crippen LogP contribution in [0.3, 0.4) is 0 Å². The highest BCUT2D eigenvalue weighted by Crippen LogP contribution is 2.01. The molecule has 1 nitrogen and oxygen atoms in total. The first kappa shape index (κ1) is 9.77. The molecule has 0 fully saturated rings. The van der Waals surface area contributed by atoms with Gasteiger partial charge in [-0.15, -0.1) is 0 Å². The molecule has 66 valence electrons. The Bertz CT molecular complexity index is 236. The van der Waals surface area contributed by atoms with E-state index in [2.05, 4.69) is 42.2 Å². The maximum absolute atomic E-state index is 5.52. The van der Waals surface area contributed by atoms with Gasteiger partial charge in [-0.25, -0.2) is 4.84 Å². The van der Waals surface area contributed by atoms with Crippen molar-refractivity contribution in [2.45, 2.75) is 13.1 Å². The van der Waals surface area contributed by atoms with Crippen LogP contribution >= 0.6 is 11.8 Å². The van der Waals surface area contributed by atoms with Crippen LogP contribution in [-0.2, 0) is 0 Å². The SMILES string of the molecule is C[Si](C)(CNCl)c1ccccc1. The number of rotatable bonds is 3. The van der Waals surface area contributed by atoms with Crippen molar-refractivity contribution >= 4 is 25.0 Å². The summed E-state index contributed by atoms with van der Waals surface area (Å²) >= 11 is 5.52. The van der Waals surface area contributed by atoms with E-state index in [1.54, 1.807) is 0 Å². The van der Waals surface area contributed by atoms with Crippen molar-refractivity contribution in [3.8, 4) is 0 Å². The molecule has 3 heteroatoms. The van der Waals surface area contributed by atoms with E-state index in [-0.39, 0.29) is 0 Å². The van der Waals surface area contributed by atoms with Gasteiger partial charge in [-0.3, -0.25) is 0 Å². The van der Waals surface area contributed by atoms with Crippen molar-refractivity contribution in [1.29, 1.82) is 0 Å². The normalized spacial score (nSPS) is 11.6. The minimum absolute atomic E-state index is 0.915. The third kappa shape index (κ3) is 2.34. The van der Waals surface area contributed by atoms with Gasteiger partial charge in [-0.2, -0.15) is 0 Å². The summed E-state index contributed by atoms with van der Waals surface area (Å²) in [7, 11) is -1.32. The fourth-order valence-electron chi connectivity index (χ4n) is 1.16. The van der Waals surface area contributed by atoms with Crippen LogP contribution in [0, 0.1) is 0 Å². The zero-order valence-corrected chi connectivity index (χ0v) is 9.23. The van der Waals surface area contributed by atoms with Crippen molar-refractivity contribution in [3.63, 3.8) is 0 Å². The highest BCUT2D eigenvalue weighted by atomic mass is 35.5. The molecule has 0 amide bonds. The topological polar surface area (TPSA) is 12.0 Å². The van der Waals surface area contributed by atoms with E-state index in [1.807, 2.05) is 6.07 Å². The van der Waals surface area contributed by atoms with Crippen molar-refractivity contribution in [1.82, 2.24) is 4.84 Å². The number of hydrogen-bond donors (Lipinski definition) is 1. The molecule has 0 heterocycles. The van der Waals surface area contributed by atoms with Gasteiger partial charge in [0.25, 0.3) is 0 Å². The van der Waals surface area contributed by atoms with Crippen molar-refractivity contribution in [3.05, 3.63) is 30.3 Å². The fraction of sp³-hybridized carbons (Fsp3) is 0.333. The molecule has 12 heavy (non-hydrogen) atoms. The van der Waals surface area contributed by atoms with Crippen LogP contribution in [0.2, 0.25) is 13.1 Å². The highest BCUT2D eigenvalue weighted by molar-refractivity contribution is 6.90. The Morgan fingerprint density at radius 2 is 1.83 bits per heavy atom. The average Bonchev–Trinajstić information content (AvgIpc) is 2.06. The van der Waals surface area contributed by atoms with Gasteiger partial charge in [-0.05, 0) is 11.8 Å². The van der Waals surface area contributed by atoms with Crippen LogP contribution in [0.25, 0.3) is 0 Å². The van der Waals surface area contributed by atoms with Gasteiger partial charge in [0.15, 0.2) is 0 Å². The van der Waals surface area contributed by atoms with E-state index in [0.29, 0.717) is 0 Å². The maximum Gasteiger partial charge on any atom is 0.0962 e. The van der Waals surface area contributed by atoms with Crippen LogP contribution in [0.15, 0.2) is 30.3 Å². The van der Waals surface area contributed by atoms with Crippen molar-refractivity contribution in [2.24, 2.45) is 0 Å². The molecule has 0 unspecified atom stereocenters. The Hall–Kier alpha value is -0.313. The van der Waals surface area contributed by atoms with Gasteiger partial charge >= 0.3 is 0 Å². The summed E-state index contributed by atoms with van der Waals surface area (Å²) in [6.45, 7) is 4.61. The Labute approximate surface area is 79.9 Å². The van der Waals surface area contributed by atoms with Crippen molar-refractivity contribution in [2.75, 3.05) is 6.17 Å². The standard InChI is InChI=1S/C9H14ClNSi/c1-12(2,8-11-10)9-6-4-3-5-7-9/h3-7,11H,8H2,1-2H3. The Balaban J connectivity index is 2.82. The predicted molar refractivity (Wildman–Crippen MR) is 57.4 cm³/mol. The molecule has 0 spiro atoms. The highest BCUT2D eigenvalue weighted by Gasteiger charge is 2.21. The Kier molecular flexibility index (Phi) is 3.32. The lowest BCUT2D eigenvalue weighted by atomic mass is 10.4. The zero-order chi connectivity index (χ0) is 9.03. The third-order valence-electron chi connectivity index (χ3n) is 2.06. The second-order valence-corrected chi connectivity index (χ2v) is 8.53. The summed E-state index contributed by atoms with van der Waals surface area (Å²) in [5, 5.41) is 1.44. The van der Waals surface area contributed by atoms with Gasteiger partial charge in [0, 0.05) is 6.17 Å². The molecule has 0 bridgehead atoms. The lowest BCUT2D eigenvalue weighted by Crippen LogP contribution is -2.48. The first-order valence-electron chi connectivity index (χ1n) is 4.06. The summed E-state index contributed by atoms with van der Waals surface area (Å²) in [6.07, 6.45) is 0.915. The molecule has 0 aromatic heterocycles. The third-order valence-corrected chi connectivity index (χ3v) is 5.38. The van der Waals surface area contributed by atoms with E-state index >= 15 is 0 Å². The summed E-state index contributed by atoms with van der Waals surface area (Å²) in [5.41, 5.74) is 0. The van der Waals surface area contributed by atoms with Gasteiger partial charge < -0.3 is 0 Å². The first-order chi connectivity index (χ1) is 5.67. The van der Waals surface area contributed by atoms with Crippen LogP contribution in [0.1, 0.15) is 0 Å². The molecule has 1 aromatic rings. The molecule has 0 atom stereocenters. The van der Waals surface area contributed by atoms with Gasteiger partial charge in [-0.1, -0.05) is 48.6 Å². The molecule has 0 radical (unpaired) electrons. The lowest BCUT2D eigenvalue weighted by Gasteiger charge is -2.21. The van der Waals surface area contributed by atoms with Gasteiger partial charge in [0.2, 0.25) is 0 Å². The van der Waals surface area contributed by atoms with E-state index in [9.17, 15) is 0 Å². The van der Waals surface area contributed by atoms with E-state index in [4.69, 9.17) is 11.8 Å². The van der Waals surface area contributed by atoms with E-state index in [0.717, 1.165) is 6.17 Å². The van der Waals surface area contributed by atoms with Crippen LogP contribution in [-0.4, -0.2) is 14.2 Å². The van der Waals surface area contributed by atoms with Crippen LogP contribution < -0.4 is 10.0 Å².